The molecule has 290 valence electrons. The van der Waals surface area contributed by atoms with Crippen LogP contribution in [0, 0.1) is 0 Å². The fraction of sp³-hybridized carbons (Fsp3) is 0.295. The number of phenols is 1. The third kappa shape index (κ3) is 6.70. The van der Waals surface area contributed by atoms with Crippen molar-refractivity contribution in [2.75, 3.05) is 32.8 Å². The first kappa shape index (κ1) is 36.6. The predicted octanol–water partition coefficient (Wildman–Crippen LogP) is 4.29. The van der Waals surface area contributed by atoms with Crippen molar-refractivity contribution in [3.63, 3.8) is 0 Å². The van der Waals surface area contributed by atoms with Gasteiger partial charge in [-0.3, -0.25) is 14.4 Å². The molecule has 0 aliphatic carbocycles. The first-order valence-electron chi connectivity index (χ1n) is 19.7. The van der Waals surface area contributed by atoms with Crippen LogP contribution in [0.5, 0.6) is 17.2 Å². The molecule has 1 spiro atoms. The number of nitrogens with two attached hydrogens (primary N) is 2. The summed E-state index contributed by atoms with van der Waals surface area (Å²) in [5, 5.41) is 14.8. The van der Waals surface area contributed by atoms with E-state index in [0.717, 1.165) is 53.5 Å². The van der Waals surface area contributed by atoms with Gasteiger partial charge in [-0.2, -0.15) is 0 Å². The van der Waals surface area contributed by atoms with Crippen LogP contribution < -0.4 is 31.5 Å². The number of amides is 3. The predicted molar refractivity (Wildman–Crippen MR) is 218 cm³/mol. The number of rotatable bonds is 7. The van der Waals surface area contributed by atoms with E-state index in [-0.39, 0.29) is 34.3 Å². The summed E-state index contributed by atoms with van der Waals surface area (Å²) in [6.07, 6.45) is 6.26. The molecular weight excluding hydrogens is 719 g/mol. The number of carbonyl (C=O) groups is 3. The summed E-state index contributed by atoms with van der Waals surface area (Å²) in [5.74, 6) is 0.464. The molecule has 2 saturated heterocycles. The summed E-state index contributed by atoms with van der Waals surface area (Å²) in [6.45, 7) is 4.00. The number of hydrogen-bond donors (Lipinski definition) is 5. The average molecular weight is 765 g/mol. The zero-order valence-corrected chi connectivity index (χ0v) is 31.6. The van der Waals surface area contributed by atoms with E-state index in [1.54, 1.807) is 17.0 Å². The quantitative estimate of drug-likeness (QED) is 0.121. The monoisotopic (exact) mass is 764 g/mol. The smallest absolute Gasteiger partial charge is 0.520 e. The van der Waals surface area contributed by atoms with Gasteiger partial charge in [-0.1, -0.05) is 48.5 Å². The van der Waals surface area contributed by atoms with E-state index in [0.29, 0.717) is 68.5 Å². The summed E-state index contributed by atoms with van der Waals surface area (Å²) in [7, 11) is -0.869. The molecule has 0 bridgehead atoms. The number of benzene rings is 4. The third-order valence-corrected chi connectivity index (χ3v) is 12.3. The summed E-state index contributed by atoms with van der Waals surface area (Å²) in [6, 6.07) is 25.1. The van der Waals surface area contributed by atoms with E-state index in [1.807, 2.05) is 53.4 Å². The van der Waals surface area contributed by atoms with Crippen LogP contribution in [0.3, 0.4) is 0 Å². The second-order valence-corrected chi connectivity index (χ2v) is 15.6. The molecule has 4 aromatic carbocycles. The van der Waals surface area contributed by atoms with Gasteiger partial charge in [-0.15, -0.1) is 0 Å². The Morgan fingerprint density at radius 2 is 1.65 bits per heavy atom. The lowest BCUT2D eigenvalue weighted by Gasteiger charge is -2.38. The molecule has 2 fully saturated rings. The maximum Gasteiger partial charge on any atom is 0.520 e. The molecule has 0 radical (unpaired) electrons. The SMILES string of the molecule is NCc1cccc(C2CCN(C(=O)C=Cc3ccc4c(c3O)C(=O)NB(c3cccc5[nH]c(C(=O)N6CCC7(CC6)COc6ccc(CN)cc67)cc35)O4)CC2)c1. The van der Waals surface area contributed by atoms with Crippen molar-refractivity contribution in [2.24, 2.45) is 11.5 Å². The molecule has 4 aliphatic rings. The lowest BCUT2D eigenvalue weighted by Crippen LogP contribution is -2.55. The second kappa shape index (κ2) is 14.8. The molecule has 0 unspecified atom stereocenters. The molecule has 0 saturated carbocycles. The Morgan fingerprint density at radius 3 is 2.44 bits per heavy atom. The van der Waals surface area contributed by atoms with Crippen molar-refractivity contribution in [1.82, 2.24) is 20.0 Å². The maximum atomic E-state index is 13.8. The van der Waals surface area contributed by atoms with Crippen LogP contribution >= 0.6 is 0 Å². The number of H-pyrrole nitrogens is 1. The normalized spacial score (nSPS) is 17.7. The molecule has 13 heteroatoms. The molecule has 5 aromatic rings. The number of carbonyl (C=O) groups excluding carboxylic acids is 3. The minimum absolute atomic E-state index is 0.00380. The second-order valence-electron chi connectivity index (χ2n) is 15.6. The van der Waals surface area contributed by atoms with E-state index < -0.39 is 13.0 Å². The van der Waals surface area contributed by atoms with Crippen molar-refractivity contribution in [2.45, 2.75) is 50.1 Å². The number of fused-ring (bicyclic) bond motifs is 4. The van der Waals surface area contributed by atoms with E-state index in [4.69, 9.17) is 20.9 Å². The number of nitrogens with one attached hydrogen (secondary N) is 2. The van der Waals surface area contributed by atoms with Crippen molar-refractivity contribution in [1.29, 1.82) is 0 Å². The molecule has 7 N–H and O–H groups in total. The highest BCUT2D eigenvalue weighted by atomic mass is 16.5. The summed E-state index contributed by atoms with van der Waals surface area (Å²) in [5.41, 5.74) is 18.4. The van der Waals surface area contributed by atoms with E-state index >= 15 is 0 Å². The van der Waals surface area contributed by atoms with Gasteiger partial charge in [0.25, 0.3) is 5.91 Å². The fourth-order valence-corrected chi connectivity index (χ4v) is 8.99. The highest BCUT2D eigenvalue weighted by Gasteiger charge is 2.44. The van der Waals surface area contributed by atoms with Crippen LogP contribution in [-0.2, 0) is 23.3 Å². The van der Waals surface area contributed by atoms with Crippen LogP contribution in [0.4, 0.5) is 0 Å². The zero-order valence-electron chi connectivity index (χ0n) is 31.6. The van der Waals surface area contributed by atoms with Crippen molar-refractivity contribution in [3.8, 4) is 17.2 Å². The molecule has 5 heterocycles. The Bertz CT molecular complexity index is 2430. The van der Waals surface area contributed by atoms with Crippen LogP contribution in [-0.4, -0.2) is 77.4 Å². The standard InChI is InChI=1S/C44H45BN6O6/c46-24-27-3-1-4-31(21-27)29-13-17-50(18-14-29)39(52)12-9-30-8-11-38-40(41(30)53)42(54)49-45(57-38)34-5-2-6-35-32(34)23-36(48-35)43(55)51-19-15-44(16-20-51)26-56-37-10-7-28(25-47)22-33(37)44/h1-12,21-23,29,48,53H,13-20,24-26,46-47H2,(H,49,54). The molecular formula is C44H45BN6O6. The number of aromatic amines is 1. The van der Waals surface area contributed by atoms with Gasteiger partial charge in [0.05, 0.1) is 6.61 Å². The molecule has 1 aromatic heterocycles. The van der Waals surface area contributed by atoms with Crippen molar-refractivity contribution < 1.29 is 28.9 Å². The zero-order chi connectivity index (χ0) is 39.3. The number of aromatic nitrogens is 1. The summed E-state index contributed by atoms with van der Waals surface area (Å²) >= 11 is 0. The largest absolute Gasteiger partial charge is 0.537 e. The van der Waals surface area contributed by atoms with Crippen molar-refractivity contribution >= 4 is 47.2 Å². The van der Waals surface area contributed by atoms with Crippen LogP contribution in [0.15, 0.2) is 84.9 Å². The number of ether oxygens (including phenoxy) is 1. The topological polar surface area (TPSA) is 176 Å². The third-order valence-electron chi connectivity index (χ3n) is 12.3. The lowest BCUT2D eigenvalue weighted by molar-refractivity contribution is -0.126. The molecule has 4 aliphatic heterocycles. The van der Waals surface area contributed by atoms with Gasteiger partial charge < -0.3 is 46.0 Å². The van der Waals surface area contributed by atoms with Gasteiger partial charge in [-0.25, -0.2) is 0 Å². The van der Waals surface area contributed by atoms with Crippen molar-refractivity contribution in [3.05, 3.63) is 124 Å². The Morgan fingerprint density at radius 1 is 0.895 bits per heavy atom. The van der Waals surface area contributed by atoms with Gasteiger partial charge in [0.1, 0.15) is 28.5 Å². The number of hydrogen-bond acceptors (Lipinski definition) is 8. The Kier molecular flexibility index (Phi) is 9.50. The van der Waals surface area contributed by atoms with Gasteiger partial charge in [0.2, 0.25) is 11.8 Å². The molecule has 0 atom stereocenters. The van der Waals surface area contributed by atoms with Gasteiger partial charge in [-0.05, 0) is 90.2 Å². The fourth-order valence-electron chi connectivity index (χ4n) is 8.99. The number of likely N-dealkylation sites (tertiary alicyclic amines) is 2. The maximum absolute atomic E-state index is 13.8. The van der Waals surface area contributed by atoms with E-state index in [1.165, 1.54) is 23.3 Å². The van der Waals surface area contributed by atoms with Crippen LogP contribution in [0.1, 0.15) is 80.3 Å². The lowest BCUT2D eigenvalue weighted by atomic mass is 9.70. The number of phenolic OH excluding ortho intramolecular Hbond substituents is 1. The first-order valence-corrected chi connectivity index (χ1v) is 19.7. The Hall–Kier alpha value is -6.05. The number of piperidine rings is 2. The minimum Gasteiger partial charge on any atom is -0.537 e. The Balaban J connectivity index is 0.860. The summed E-state index contributed by atoms with van der Waals surface area (Å²) in [4.78, 5) is 47.5. The minimum atomic E-state index is -0.869. The van der Waals surface area contributed by atoms with Gasteiger partial charge >= 0.3 is 7.05 Å². The highest BCUT2D eigenvalue weighted by Crippen LogP contribution is 2.46. The highest BCUT2D eigenvalue weighted by molar-refractivity contribution is 6.71. The van der Waals surface area contributed by atoms with Gasteiger partial charge in [0, 0.05) is 72.8 Å². The van der Waals surface area contributed by atoms with E-state index in [2.05, 4.69) is 28.4 Å². The number of nitrogens with zero attached hydrogens (tertiary/aromatic N) is 2. The first-order chi connectivity index (χ1) is 27.7. The molecule has 9 rings (SSSR count). The average Bonchev–Trinajstić information content (AvgIpc) is 3.85. The van der Waals surface area contributed by atoms with E-state index in [9.17, 15) is 19.5 Å². The van der Waals surface area contributed by atoms with Gasteiger partial charge in [0.15, 0.2) is 0 Å². The summed E-state index contributed by atoms with van der Waals surface area (Å²) < 4.78 is 12.3. The Labute approximate surface area is 330 Å². The van der Waals surface area contributed by atoms with Crippen LogP contribution in [0.2, 0.25) is 0 Å². The molecule has 57 heavy (non-hydrogen) atoms. The molecule has 3 amide bonds. The van der Waals surface area contributed by atoms with Crippen LogP contribution in [0.25, 0.3) is 17.0 Å². The molecule has 12 nitrogen and oxygen atoms in total. The number of aromatic hydroxyl groups is 1.